The number of thiophene rings is 1. The zero-order valence-electron chi connectivity index (χ0n) is 11.6. The number of thioether (sulfide) groups is 1. The van der Waals surface area contributed by atoms with Crippen LogP contribution in [-0.2, 0) is 19.2 Å². The van der Waals surface area contributed by atoms with Crippen molar-refractivity contribution < 1.29 is 0 Å². The molecule has 0 spiro atoms. The van der Waals surface area contributed by atoms with Crippen molar-refractivity contribution in [2.45, 2.75) is 25.1 Å². The quantitative estimate of drug-likeness (QED) is 0.930. The molecule has 0 bridgehead atoms. The average Bonchev–Trinajstić information content (AvgIpc) is 3.01. The van der Waals surface area contributed by atoms with E-state index in [9.17, 15) is 0 Å². The largest absolute Gasteiger partial charge is 0.305 e. The molecule has 0 saturated heterocycles. The molecule has 1 aliphatic heterocycles. The van der Waals surface area contributed by atoms with Crippen LogP contribution in [0.15, 0.2) is 12.3 Å². The molecule has 0 aromatic carbocycles. The minimum atomic E-state index is 0.139. The van der Waals surface area contributed by atoms with Crippen LogP contribution >= 0.6 is 34.7 Å². The number of aromatic nitrogens is 2. The lowest BCUT2D eigenvalue weighted by Crippen LogP contribution is -2.23. The molecular weight excluding hydrogens is 310 g/mol. The lowest BCUT2D eigenvalue weighted by molar-refractivity contribution is 0.579. The number of hydrogen-bond donors (Lipinski definition) is 1. The second kappa shape index (κ2) is 6.10. The highest BCUT2D eigenvalue weighted by molar-refractivity contribution is 7.98. The van der Waals surface area contributed by atoms with Gasteiger partial charge in [-0.05, 0) is 30.3 Å². The highest BCUT2D eigenvalue weighted by Gasteiger charge is 2.24. The Hall–Kier alpha value is -0.490. The number of rotatable bonds is 4. The van der Waals surface area contributed by atoms with Crippen LogP contribution in [0.4, 0.5) is 0 Å². The van der Waals surface area contributed by atoms with E-state index >= 15 is 0 Å². The van der Waals surface area contributed by atoms with Crippen LogP contribution in [0.2, 0.25) is 5.02 Å². The Morgan fingerprint density at radius 2 is 2.40 bits per heavy atom. The Morgan fingerprint density at radius 1 is 1.55 bits per heavy atom. The van der Waals surface area contributed by atoms with E-state index in [0.717, 1.165) is 23.0 Å². The zero-order valence-corrected chi connectivity index (χ0v) is 14.0. The van der Waals surface area contributed by atoms with Gasteiger partial charge < -0.3 is 5.32 Å². The maximum Gasteiger partial charge on any atom is 0.0857 e. The summed E-state index contributed by atoms with van der Waals surface area (Å²) in [6.07, 6.45) is 2.92. The van der Waals surface area contributed by atoms with Gasteiger partial charge in [-0.1, -0.05) is 18.5 Å². The van der Waals surface area contributed by atoms with Gasteiger partial charge >= 0.3 is 0 Å². The first kappa shape index (κ1) is 14.4. The third-order valence-electron chi connectivity index (χ3n) is 3.55. The van der Waals surface area contributed by atoms with Gasteiger partial charge in [0.2, 0.25) is 0 Å². The smallest absolute Gasteiger partial charge is 0.0857 e. The fourth-order valence-corrected chi connectivity index (χ4v) is 5.32. The molecule has 3 nitrogen and oxygen atoms in total. The maximum atomic E-state index is 6.33. The number of halogens is 1. The van der Waals surface area contributed by atoms with Gasteiger partial charge in [-0.3, -0.25) is 4.68 Å². The van der Waals surface area contributed by atoms with Crippen molar-refractivity contribution in [1.29, 1.82) is 0 Å². The van der Waals surface area contributed by atoms with Crippen LogP contribution in [0.3, 0.4) is 0 Å². The summed E-state index contributed by atoms with van der Waals surface area (Å²) in [5.41, 5.74) is 2.56. The standard InChI is InChI=1S/C14H18ClN3S2/c1-3-16-13(14-10(15)7-17-18(14)2)12-6-9-8-19-5-4-11(9)20-12/h6-7,13,16H,3-5,8H2,1-2H3. The maximum absolute atomic E-state index is 6.33. The lowest BCUT2D eigenvalue weighted by Gasteiger charge is -2.17. The van der Waals surface area contributed by atoms with Gasteiger partial charge in [0.1, 0.15) is 0 Å². The Bertz CT molecular complexity index is 563. The molecule has 2 aromatic heterocycles. The van der Waals surface area contributed by atoms with E-state index in [1.54, 1.807) is 11.1 Å². The SMILES string of the molecule is CCNC(c1cc2c(s1)CCSC2)c1c(Cl)cnn1C. The number of fused-ring (bicyclic) bond motifs is 1. The van der Waals surface area contributed by atoms with Gasteiger partial charge in [0, 0.05) is 22.6 Å². The highest BCUT2D eigenvalue weighted by atomic mass is 35.5. The molecule has 0 amide bonds. The second-order valence-electron chi connectivity index (χ2n) is 4.89. The van der Waals surface area contributed by atoms with Crippen LogP contribution in [0, 0.1) is 0 Å². The van der Waals surface area contributed by atoms with E-state index in [4.69, 9.17) is 11.6 Å². The molecule has 0 aliphatic carbocycles. The molecule has 0 saturated carbocycles. The summed E-state index contributed by atoms with van der Waals surface area (Å²) in [5, 5.41) is 8.56. The average molecular weight is 328 g/mol. The molecule has 1 atom stereocenters. The van der Waals surface area contributed by atoms with Gasteiger partial charge in [-0.25, -0.2) is 0 Å². The van der Waals surface area contributed by atoms with E-state index in [0.29, 0.717) is 0 Å². The molecule has 1 unspecified atom stereocenters. The third-order valence-corrected chi connectivity index (χ3v) is 6.15. The van der Waals surface area contributed by atoms with Crippen molar-refractivity contribution in [2.75, 3.05) is 12.3 Å². The summed E-state index contributed by atoms with van der Waals surface area (Å²) in [6.45, 7) is 3.03. The van der Waals surface area contributed by atoms with Crippen LogP contribution < -0.4 is 5.32 Å². The third kappa shape index (κ3) is 2.64. The summed E-state index contributed by atoms with van der Waals surface area (Å²) >= 11 is 10.3. The Balaban J connectivity index is 2.00. The first-order valence-corrected chi connectivity index (χ1v) is 9.15. The van der Waals surface area contributed by atoms with Gasteiger partial charge in [-0.15, -0.1) is 11.3 Å². The van der Waals surface area contributed by atoms with Crippen LogP contribution in [0.25, 0.3) is 0 Å². The highest BCUT2D eigenvalue weighted by Crippen LogP contribution is 2.37. The first-order valence-electron chi connectivity index (χ1n) is 6.80. The molecule has 1 N–H and O–H groups in total. The molecule has 3 rings (SSSR count). The van der Waals surface area contributed by atoms with Crippen molar-refractivity contribution >= 4 is 34.7 Å². The van der Waals surface area contributed by atoms with Crippen molar-refractivity contribution in [3.8, 4) is 0 Å². The summed E-state index contributed by atoms with van der Waals surface area (Å²) in [6, 6.07) is 2.49. The van der Waals surface area contributed by atoms with Crippen molar-refractivity contribution in [3.63, 3.8) is 0 Å². The molecule has 6 heteroatoms. The molecular formula is C14H18ClN3S2. The molecule has 0 fully saturated rings. The minimum absolute atomic E-state index is 0.139. The first-order chi connectivity index (χ1) is 9.70. The molecule has 108 valence electrons. The van der Waals surface area contributed by atoms with Gasteiger partial charge in [0.15, 0.2) is 0 Å². The molecule has 20 heavy (non-hydrogen) atoms. The normalized spacial score (nSPS) is 16.1. The predicted molar refractivity (Wildman–Crippen MR) is 87.9 cm³/mol. The van der Waals surface area contributed by atoms with Crippen molar-refractivity contribution in [2.24, 2.45) is 7.05 Å². The van der Waals surface area contributed by atoms with E-state index in [1.807, 2.05) is 34.8 Å². The van der Waals surface area contributed by atoms with E-state index in [-0.39, 0.29) is 6.04 Å². The molecule has 2 aromatic rings. The Morgan fingerprint density at radius 3 is 3.05 bits per heavy atom. The summed E-state index contributed by atoms with van der Waals surface area (Å²) in [4.78, 5) is 2.89. The van der Waals surface area contributed by atoms with Crippen molar-refractivity contribution in [3.05, 3.63) is 38.3 Å². The van der Waals surface area contributed by atoms with Crippen LogP contribution in [0.5, 0.6) is 0 Å². The summed E-state index contributed by atoms with van der Waals surface area (Å²) < 4.78 is 1.88. The fraction of sp³-hybridized carbons (Fsp3) is 0.500. The van der Waals surface area contributed by atoms with Gasteiger partial charge in [0.05, 0.1) is 23.0 Å². The second-order valence-corrected chi connectivity index (χ2v) is 7.57. The summed E-state index contributed by atoms with van der Waals surface area (Å²) in [5.74, 6) is 2.38. The number of nitrogens with zero attached hydrogens (tertiary/aromatic N) is 2. The van der Waals surface area contributed by atoms with Gasteiger partial charge in [0.25, 0.3) is 0 Å². The van der Waals surface area contributed by atoms with Crippen LogP contribution in [0.1, 0.15) is 34.0 Å². The van der Waals surface area contributed by atoms with Gasteiger partial charge in [-0.2, -0.15) is 16.9 Å². The van der Waals surface area contributed by atoms with E-state index < -0.39 is 0 Å². The topological polar surface area (TPSA) is 29.9 Å². The molecule has 3 heterocycles. The lowest BCUT2D eigenvalue weighted by atomic mass is 10.1. The fourth-order valence-electron chi connectivity index (χ4n) is 2.59. The predicted octanol–water partition coefficient (Wildman–Crippen LogP) is 3.62. The summed E-state index contributed by atoms with van der Waals surface area (Å²) in [7, 11) is 1.95. The van der Waals surface area contributed by atoms with Crippen LogP contribution in [-0.4, -0.2) is 22.1 Å². The zero-order chi connectivity index (χ0) is 14.1. The monoisotopic (exact) mass is 327 g/mol. The Kier molecular flexibility index (Phi) is 4.40. The van der Waals surface area contributed by atoms with E-state index in [2.05, 4.69) is 23.4 Å². The van der Waals surface area contributed by atoms with E-state index in [1.165, 1.54) is 22.6 Å². The number of aryl methyl sites for hydroxylation is 2. The minimum Gasteiger partial charge on any atom is -0.305 e. The molecule has 1 aliphatic rings. The number of hydrogen-bond acceptors (Lipinski definition) is 4. The number of nitrogens with one attached hydrogen (secondary N) is 1. The van der Waals surface area contributed by atoms with Crippen molar-refractivity contribution in [1.82, 2.24) is 15.1 Å². The Labute approximate surface area is 132 Å². The molecule has 0 radical (unpaired) electrons.